The average Bonchev–Trinajstić information content (AvgIpc) is 2.75. The van der Waals surface area contributed by atoms with Gasteiger partial charge in [0.15, 0.2) is 0 Å². The van der Waals surface area contributed by atoms with Crippen LogP contribution >= 0.6 is 0 Å². The van der Waals surface area contributed by atoms with Crippen LogP contribution in [0.4, 0.5) is 4.79 Å². The number of rotatable bonds is 0. The number of hydrogen-bond donors (Lipinski definition) is 0. The van der Waals surface area contributed by atoms with Gasteiger partial charge in [-0.05, 0) is 51.2 Å². The van der Waals surface area contributed by atoms with Crippen LogP contribution in [0.15, 0.2) is 24.3 Å². The molecule has 3 rings (SSSR count). The van der Waals surface area contributed by atoms with E-state index in [2.05, 4.69) is 24.3 Å². The van der Waals surface area contributed by atoms with Gasteiger partial charge in [0.25, 0.3) is 0 Å². The third-order valence-electron chi connectivity index (χ3n) is 4.29. The number of benzene rings is 1. The molecular weight excluding hydrogens is 250 g/mol. The van der Waals surface area contributed by atoms with Crippen LogP contribution in [0.1, 0.15) is 50.7 Å². The van der Waals surface area contributed by atoms with Gasteiger partial charge in [-0.3, -0.25) is 0 Å². The quantitative estimate of drug-likeness (QED) is 0.721. The van der Waals surface area contributed by atoms with E-state index in [1.807, 2.05) is 25.7 Å². The third-order valence-corrected chi connectivity index (χ3v) is 4.29. The fraction of sp³-hybridized carbons (Fsp3) is 0.588. The number of fused-ring (bicyclic) bond motifs is 3. The summed E-state index contributed by atoms with van der Waals surface area (Å²) < 4.78 is 5.57. The molecule has 1 aliphatic carbocycles. The number of amides is 1. The van der Waals surface area contributed by atoms with Gasteiger partial charge < -0.3 is 9.64 Å². The Bertz CT molecular complexity index is 518. The monoisotopic (exact) mass is 273 g/mol. The Kier molecular flexibility index (Phi) is 3.23. The van der Waals surface area contributed by atoms with Crippen LogP contribution in [0.5, 0.6) is 0 Å². The molecule has 20 heavy (non-hydrogen) atoms. The largest absolute Gasteiger partial charge is 0.444 e. The Hall–Kier alpha value is -1.51. The molecule has 0 bridgehead atoms. The summed E-state index contributed by atoms with van der Waals surface area (Å²) in [6.07, 6.45) is 3.07. The molecule has 0 spiro atoms. The van der Waals surface area contributed by atoms with Crippen LogP contribution in [0.25, 0.3) is 0 Å². The van der Waals surface area contributed by atoms with Gasteiger partial charge in [-0.15, -0.1) is 0 Å². The van der Waals surface area contributed by atoms with E-state index in [0.717, 1.165) is 19.4 Å². The SMILES string of the molecule is CC(C)(C)OC(=O)N1CCCC2c3ccccc3CC21. The van der Waals surface area contributed by atoms with Gasteiger partial charge >= 0.3 is 6.09 Å². The molecule has 2 aliphatic rings. The highest BCUT2D eigenvalue weighted by atomic mass is 16.6. The lowest BCUT2D eigenvalue weighted by Crippen LogP contribution is -2.48. The summed E-state index contributed by atoms with van der Waals surface area (Å²) in [6, 6.07) is 8.90. The molecule has 1 fully saturated rings. The minimum Gasteiger partial charge on any atom is -0.444 e. The zero-order valence-electron chi connectivity index (χ0n) is 12.6. The first-order chi connectivity index (χ1) is 9.46. The van der Waals surface area contributed by atoms with E-state index < -0.39 is 5.60 Å². The fourth-order valence-corrected chi connectivity index (χ4v) is 3.53. The van der Waals surface area contributed by atoms with Crippen LogP contribution in [0.2, 0.25) is 0 Å². The van der Waals surface area contributed by atoms with E-state index in [9.17, 15) is 4.79 Å². The zero-order valence-corrected chi connectivity index (χ0v) is 12.6. The summed E-state index contributed by atoms with van der Waals surface area (Å²) in [7, 11) is 0. The summed E-state index contributed by atoms with van der Waals surface area (Å²) in [4.78, 5) is 14.4. The smallest absolute Gasteiger partial charge is 0.410 e. The molecule has 1 aromatic carbocycles. The van der Waals surface area contributed by atoms with Gasteiger partial charge in [-0.25, -0.2) is 4.79 Å². The highest BCUT2D eigenvalue weighted by Crippen LogP contribution is 2.42. The Balaban J connectivity index is 1.81. The molecule has 0 radical (unpaired) electrons. The summed E-state index contributed by atoms with van der Waals surface area (Å²) in [5.74, 6) is 0.493. The first kappa shape index (κ1) is 13.5. The number of nitrogens with zero attached hydrogens (tertiary/aromatic N) is 1. The molecule has 1 amide bonds. The second kappa shape index (κ2) is 4.80. The number of piperidine rings is 1. The van der Waals surface area contributed by atoms with E-state index in [0.29, 0.717) is 5.92 Å². The maximum atomic E-state index is 12.4. The van der Waals surface area contributed by atoms with Crippen LogP contribution in [-0.4, -0.2) is 29.2 Å². The predicted octanol–water partition coefficient (Wildman–Crippen LogP) is 3.73. The molecule has 1 aromatic rings. The standard InChI is InChI=1S/C17H23NO2/c1-17(2,3)20-16(19)18-10-6-9-14-13-8-5-4-7-12(13)11-15(14)18/h4-5,7-8,14-15H,6,9-11H2,1-3H3. The van der Waals surface area contributed by atoms with Gasteiger partial charge in [0.2, 0.25) is 0 Å². The molecule has 2 atom stereocenters. The van der Waals surface area contributed by atoms with Crippen molar-refractivity contribution in [2.24, 2.45) is 0 Å². The minimum atomic E-state index is -0.421. The van der Waals surface area contributed by atoms with Gasteiger partial charge in [-0.2, -0.15) is 0 Å². The molecule has 3 heteroatoms. The van der Waals surface area contributed by atoms with Crippen LogP contribution < -0.4 is 0 Å². The van der Waals surface area contributed by atoms with E-state index in [-0.39, 0.29) is 12.1 Å². The normalized spacial score (nSPS) is 25.1. The molecule has 3 nitrogen and oxygen atoms in total. The van der Waals surface area contributed by atoms with Crippen LogP contribution in [0.3, 0.4) is 0 Å². The van der Waals surface area contributed by atoms with Crippen molar-refractivity contribution in [2.75, 3.05) is 6.54 Å². The number of likely N-dealkylation sites (tertiary alicyclic amines) is 1. The Labute approximate surface area is 120 Å². The van der Waals surface area contributed by atoms with Crippen molar-refractivity contribution < 1.29 is 9.53 Å². The van der Waals surface area contributed by atoms with E-state index >= 15 is 0 Å². The second-order valence-electron chi connectivity index (χ2n) is 6.89. The summed E-state index contributed by atoms with van der Waals surface area (Å²) >= 11 is 0. The van der Waals surface area contributed by atoms with E-state index in [1.54, 1.807) is 0 Å². The molecule has 2 unspecified atom stereocenters. The number of carbonyl (C=O) groups is 1. The lowest BCUT2D eigenvalue weighted by Gasteiger charge is -2.38. The number of hydrogen-bond acceptors (Lipinski definition) is 2. The lowest BCUT2D eigenvalue weighted by molar-refractivity contribution is 0.00833. The first-order valence-electron chi connectivity index (χ1n) is 7.53. The van der Waals surface area contributed by atoms with Crippen molar-refractivity contribution >= 4 is 6.09 Å². The zero-order chi connectivity index (χ0) is 14.3. The number of carbonyl (C=O) groups excluding carboxylic acids is 1. The Morgan fingerprint density at radius 3 is 2.80 bits per heavy atom. The van der Waals surface area contributed by atoms with Crippen molar-refractivity contribution in [3.63, 3.8) is 0 Å². The van der Waals surface area contributed by atoms with Crippen molar-refractivity contribution in [3.8, 4) is 0 Å². The first-order valence-corrected chi connectivity index (χ1v) is 7.53. The molecule has 0 aromatic heterocycles. The molecule has 1 heterocycles. The Morgan fingerprint density at radius 2 is 2.05 bits per heavy atom. The third kappa shape index (κ3) is 2.41. The minimum absolute atomic E-state index is 0.153. The maximum absolute atomic E-state index is 12.4. The molecule has 1 aliphatic heterocycles. The van der Waals surface area contributed by atoms with E-state index in [1.165, 1.54) is 17.5 Å². The summed E-state index contributed by atoms with van der Waals surface area (Å²) in [5.41, 5.74) is 2.42. The van der Waals surface area contributed by atoms with Crippen LogP contribution in [-0.2, 0) is 11.2 Å². The molecular formula is C17H23NO2. The predicted molar refractivity (Wildman–Crippen MR) is 78.8 cm³/mol. The van der Waals surface area contributed by atoms with Gasteiger partial charge in [-0.1, -0.05) is 24.3 Å². The van der Waals surface area contributed by atoms with Gasteiger partial charge in [0.05, 0.1) is 0 Å². The van der Waals surface area contributed by atoms with Crippen molar-refractivity contribution in [1.29, 1.82) is 0 Å². The van der Waals surface area contributed by atoms with Gasteiger partial charge in [0.1, 0.15) is 5.60 Å². The summed E-state index contributed by atoms with van der Waals surface area (Å²) in [5, 5.41) is 0. The highest BCUT2D eigenvalue weighted by molar-refractivity contribution is 5.69. The Morgan fingerprint density at radius 1 is 1.30 bits per heavy atom. The highest BCUT2D eigenvalue weighted by Gasteiger charge is 2.41. The van der Waals surface area contributed by atoms with Gasteiger partial charge in [0, 0.05) is 18.5 Å². The van der Waals surface area contributed by atoms with E-state index in [4.69, 9.17) is 4.74 Å². The van der Waals surface area contributed by atoms with Crippen molar-refractivity contribution in [3.05, 3.63) is 35.4 Å². The average molecular weight is 273 g/mol. The lowest BCUT2D eigenvalue weighted by atomic mass is 9.89. The maximum Gasteiger partial charge on any atom is 0.410 e. The van der Waals surface area contributed by atoms with Crippen LogP contribution in [0, 0.1) is 0 Å². The summed E-state index contributed by atoms with van der Waals surface area (Å²) in [6.45, 7) is 6.60. The topological polar surface area (TPSA) is 29.5 Å². The van der Waals surface area contributed by atoms with Crippen molar-refractivity contribution in [1.82, 2.24) is 4.90 Å². The second-order valence-corrected chi connectivity index (χ2v) is 6.89. The molecule has 0 N–H and O–H groups in total. The number of ether oxygens (including phenoxy) is 1. The molecule has 108 valence electrons. The molecule has 0 saturated carbocycles. The van der Waals surface area contributed by atoms with Crippen molar-refractivity contribution in [2.45, 2.75) is 57.6 Å². The molecule has 1 saturated heterocycles. The fourth-order valence-electron chi connectivity index (χ4n) is 3.53.